The van der Waals surface area contributed by atoms with E-state index in [1.807, 2.05) is 0 Å². The molecule has 10 heteroatoms. The molecule has 2 rings (SSSR count). The summed E-state index contributed by atoms with van der Waals surface area (Å²) in [7, 11) is -3.92. The van der Waals surface area contributed by atoms with Crippen LogP contribution in [0.1, 0.15) is 5.69 Å². The second-order valence-electron chi connectivity index (χ2n) is 3.78. The highest BCUT2D eigenvalue weighted by Gasteiger charge is 2.22. The number of sulfonamides is 1. The van der Waals surface area contributed by atoms with Gasteiger partial charge in [-0.25, -0.2) is 8.42 Å². The Hall–Kier alpha value is -0.730. The number of nitrogens with one attached hydrogen (secondary N) is 2. The number of hydrogen-bond donors (Lipinski definition) is 2. The van der Waals surface area contributed by atoms with Crippen LogP contribution in [0.5, 0.6) is 0 Å². The standard InChI is InChI=1S/C10H7Cl3N2O3S2/c1-4-9(19-10(16)14-4)20(17,18)15-8-3-6(12)5(11)2-7(8)13/h2-3,15H,1H3,(H,14,16). The van der Waals surface area contributed by atoms with Gasteiger partial charge in [-0.2, -0.15) is 0 Å². The van der Waals surface area contributed by atoms with Crippen molar-refractivity contribution < 1.29 is 8.42 Å². The Morgan fingerprint density at radius 3 is 2.30 bits per heavy atom. The van der Waals surface area contributed by atoms with Crippen LogP contribution in [-0.2, 0) is 10.0 Å². The van der Waals surface area contributed by atoms with E-state index in [1.165, 1.54) is 19.1 Å². The zero-order valence-corrected chi connectivity index (χ0v) is 13.7. The lowest BCUT2D eigenvalue weighted by Gasteiger charge is -2.09. The molecule has 0 bridgehead atoms. The molecule has 1 aromatic heterocycles. The number of H-pyrrole nitrogens is 1. The predicted octanol–water partition coefficient (Wildman–Crippen LogP) is 3.51. The van der Waals surface area contributed by atoms with E-state index in [9.17, 15) is 13.2 Å². The van der Waals surface area contributed by atoms with Gasteiger partial charge in [-0.3, -0.25) is 9.52 Å². The highest BCUT2D eigenvalue weighted by molar-refractivity contribution is 7.94. The molecule has 20 heavy (non-hydrogen) atoms. The maximum Gasteiger partial charge on any atom is 0.306 e. The van der Waals surface area contributed by atoms with Crippen LogP contribution in [0.3, 0.4) is 0 Å². The van der Waals surface area contributed by atoms with Crippen LogP contribution in [0, 0.1) is 6.92 Å². The van der Waals surface area contributed by atoms with E-state index >= 15 is 0 Å². The molecule has 108 valence electrons. The molecule has 0 unspecified atom stereocenters. The van der Waals surface area contributed by atoms with Crippen molar-refractivity contribution >= 4 is 61.9 Å². The number of hydrogen-bond acceptors (Lipinski definition) is 4. The number of rotatable bonds is 3. The van der Waals surface area contributed by atoms with E-state index in [1.54, 1.807) is 0 Å². The summed E-state index contributed by atoms with van der Waals surface area (Å²) < 4.78 is 26.5. The molecule has 0 amide bonds. The van der Waals surface area contributed by atoms with Crippen molar-refractivity contribution in [3.05, 3.63) is 42.6 Å². The molecule has 1 aromatic carbocycles. The van der Waals surface area contributed by atoms with E-state index in [4.69, 9.17) is 34.8 Å². The van der Waals surface area contributed by atoms with Gasteiger partial charge in [-0.05, 0) is 19.1 Å². The molecule has 0 aliphatic carbocycles. The summed E-state index contributed by atoms with van der Waals surface area (Å²) in [4.78, 5) is 13.1. The quantitative estimate of drug-likeness (QED) is 0.808. The first-order valence-corrected chi connectivity index (χ1v) is 8.51. The van der Waals surface area contributed by atoms with Gasteiger partial charge in [0.05, 0.1) is 20.8 Å². The molecule has 0 aliphatic rings. The second kappa shape index (κ2) is 5.57. The molecule has 0 saturated carbocycles. The molecule has 1 heterocycles. The van der Waals surface area contributed by atoms with Crippen LogP contribution in [0.25, 0.3) is 0 Å². The minimum atomic E-state index is -3.92. The summed E-state index contributed by atoms with van der Waals surface area (Å²) in [5.74, 6) is 0. The SMILES string of the molecule is Cc1[nH]c(=O)sc1S(=O)(=O)Nc1cc(Cl)c(Cl)cc1Cl. The van der Waals surface area contributed by atoms with Gasteiger partial charge >= 0.3 is 4.87 Å². The maximum atomic E-state index is 12.2. The summed E-state index contributed by atoms with van der Waals surface area (Å²) in [5.41, 5.74) is 0.338. The van der Waals surface area contributed by atoms with Crippen molar-refractivity contribution in [2.45, 2.75) is 11.1 Å². The number of benzene rings is 1. The van der Waals surface area contributed by atoms with Gasteiger partial charge in [-0.1, -0.05) is 46.1 Å². The van der Waals surface area contributed by atoms with Crippen molar-refractivity contribution in [3.63, 3.8) is 0 Å². The third kappa shape index (κ3) is 3.12. The van der Waals surface area contributed by atoms with Gasteiger partial charge in [0.1, 0.15) is 0 Å². The van der Waals surface area contributed by atoms with Gasteiger partial charge < -0.3 is 4.98 Å². The maximum absolute atomic E-state index is 12.2. The summed E-state index contributed by atoms with van der Waals surface area (Å²) >= 11 is 18.1. The number of anilines is 1. The Balaban J connectivity index is 2.46. The first-order chi connectivity index (χ1) is 9.20. The summed E-state index contributed by atoms with van der Waals surface area (Å²) in [6.07, 6.45) is 0. The fourth-order valence-electron chi connectivity index (χ4n) is 1.44. The van der Waals surface area contributed by atoms with E-state index in [2.05, 4.69) is 9.71 Å². The van der Waals surface area contributed by atoms with Gasteiger partial charge in [0.25, 0.3) is 10.0 Å². The second-order valence-corrected chi connectivity index (χ2v) is 7.86. The van der Waals surface area contributed by atoms with Crippen LogP contribution in [0.2, 0.25) is 15.1 Å². The van der Waals surface area contributed by atoms with Gasteiger partial charge in [0, 0.05) is 5.69 Å². The summed E-state index contributed by atoms with van der Waals surface area (Å²) in [5, 5.41) is 0.471. The number of aryl methyl sites for hydroxylation is 1. The number of halogens is 3. The lowest BCUT2D eigenvalue weighted by Crippen LogP contribution is -2.13. The molecule has 0 fully saturated rings. The number of thiazole rings is 1. The Morgan fingerprint density at radius 1 is 1.15 bits per heavy atom. The Kier molecular flexibility index (Phi) is 4.36. The highest BCUT2D eigenvalue weighted by Crippen LogP contribution is 2.33. The van der Waals surface area contributed by atoms with E-state index in [0.29, 0.717) is 11.3 Å². The first-order valence-electron chi connectivity index (χ1n) is 5.08. The Bertz CT molecular complexity index is 827. The molecule has 0 saturated heterocycles. The molecule has 2 aromatic rings. The zero-order chi connectivity index (χ0) is 15.1. The monoisotopic (exact) mass is 372 g/mol. The third-order valence-electron chi connectivity index (χ3n) is 2.28. The molecule has 2 N–H and O–H groups in total. The van der Waals surface area contributed by atoms with E-state index in [0.717, 1.165) is 0 Å². The van der Waals surface area contributed by atoms with Crippen LogP contribution in [0.15, 0.2) is 21.1 Å². The van der Waals surface area contributed by atoms with Crippen molar-refractivity contribution in [2.24, 2.45) is 0 Å². The van der Waals surface area contributed by atoms with Crippen molar-refractivity contribution in [1.29, 1.82) is 0 Å². The first kappa shape index (κ1) is 15.7. The third-order valence-corrected chi connectivity index (χ3v) is 6.28. The average molecular weight is 374 g/mol. The average Bonchev–Trinajstić information content (AvgIpc) is 2.66. The number of aromatic amines is 1. The topological polar surface area (TPSA) is 79.0 Å². The molecule has 0 aliphatic heterocycles. The van der Waals surface area contributed by atoms with E-state index < -0.39 is 14.9 Å². The molecule has 0 radical (unpaired) electrons. The zero-order valence-electron chi connectivity index (χ0n) is 9.83. The molecule has 0 atom stereocenters. The Labute approximate surface area is 133 Å². The molecular weight excluding hydrogens is 367 g/mol. The predicted molar refractivity (Wildman–Crippen MR) is 82.0 cm³/mol. The Morgan fingerprint density at radius 2 is 1.75 bits per heavy atom. The van der Waals surface area contributed by atoms with Gasteiger partial charge in [-0.15, -0.1) is 0 Å². The lowest BCUT2D eigenvalue weighted by molar-refractivity contribution is 0.602. The minimum absolute atomic E-state index is 0.0846. The van der Waals surface area contributed by atoms with Gasteiger partial charge in [0.15, 0.2) is 4.21 Å². The van der Waals surface area contributed by atoms with Crippen LogP contribution < -0.4 is 9.60 Å². The van der Waals surface area contributed by atoms with Crippen LogP contribution in [0.4, 0.5) is 5.69 Å². The fourth-order valence-corrected chi connectivity index (χ4v) is 4.46. The smallest absolute Gasteiger partial charge is 0.306 e. The largest absolute Gasteiger partial charge is 0.315 e. The summed E-state index contributed by atoms with van der Waals surface area (Å²) in [6, 6.07) is 2.63. The highest BCUT2D eigenvalue weighted by atomic mass is 35.5. The fraction of sp³-hybridized carbons (Fsp3) is 0.100. The van der Waals surface area contributed by atoms with Crippen molar-refractivity contribution in [2.75, 3.05) is 4.72 Å². The van der Waals surface area contributed by atoms with Crippen molar-refractivity contribution in [1.82, 2.24) is 4.98 Å². The molecule has 5 nitrogen and oxygen atoms in total. The minimum Gasteiger partial charge on any atom is -0.315 e. The van der Waals surface area contributed by atoms with Crippen LogP contribution >= 0.6 is 46.1 Å². The van der Waals surface area contributed by atoms with Crippen molar-refractivity contribution in [3.8, 4) is 0 Å². The molecule has 0 spiro atoms. The van der Waals surface area contributed by atoms with Crippen LogP contribution in [-0.4, -0.2) is 13.4 Å². The van der Waals surface area contributed by atoms with E-state index in [-0.39, 0.29) is 30.7 Å². The lowest BCUT2D eigenvalue weighted by atomic mass is 10.3. The normalized spacial score (nSPS) is 11.6. The number of aromatic nitrogens is 1. The van der Waals surface area contributed by atoms with Gasteiger partial charge in [0.2, 0.25) is 0 Å². The molecular formula is C10H7Cl3N2O3S2. The summed E-state index contributed by atoms with van der Waals surface area (Å²) in [6.45, 7) is 1.49.